The second kappa shape index (κ2) is 40.8. The molecule has 20 N–H and O–H groups in total. The van der Waals surface area contributed by atoms with Gasteiger partial charge in [-0.25, -0.2) is 0 Å². The number of aliphatic hydroxyl groups is 2. The number of likely N-dealkylation sites (N-methyl/N-ethyl adjacent to an activating group) is 1. The molecule has 1 saturated heterocycles. The summed E-state index contributed by atoms with van der Waals surface area (Å²) in [4.78, 5) is 145. The molecule has 2 aromatic rings. The Morgan fingerprint density at radius 3 is 1.67 bits per heavy atom. The number of aliphatic hydroxyl groups excluding tert-OH is 2. The molecule has 0 saturated carbocycles. The molecule has 0 radical (unpaired) electrons. The van der Waals surface area contributed by atoms with E-state index in [2.05, 4.69) is 42.5 Å². The van der Waals surface area contributed by atoms with Crippen molar-refractivity contribution >= 4 is 76.1 Å². The van der Waals surface area contributed by atoms with E-state index in [-0.39, 0.29) is 121 Å². The molecule has 486 valence electrons. The number of hydrogen-bond acceptors (Lipinski definition) is 19. The fourth-order valence-corrected chi connectivity index (χ4v) is 9.89. The van der Waals surface area contributed by atoms with Crippen LogP contribution in [0, 0.1) is 23.7 Å². The third-order valence-electron chi connectivity index (χ3n) is 14.7. The topological polar surface area (TPSA) is 455 Å². The Labute approximate surface area is 515 Å². The molecule has 0 spiro atoms. The Balaban J connectivity index is 0.000000684. The zero-order chi connectivity index (χ0) is 65.3. The van der Waals surface area contributed by atoms with Crippen LogP contribution in [0.1, 0.15) is 110 Å². The normalized spacial score (nSPS) is 22.2. The Kier molecular flexibility index (Phi) is 35.8. The Morgan fingerprint density at radius 2 is 1.14 bits per heavy atom. The van der Waals surface area contributed by atoms with Gasteiger partial charge in [-0.05, 0) is 129 Å². The first-order valence-corrected chi connectivity index (χ1v) is 30.1. The standard InChI is InChI=1S/C37H62N10O8.C23H34ClN3O5/c1-21(2)18-29-36(54)45-27(11-15-39)34(52)43-25(10-14-38)31(49)20-24(22(3)48)32(50)42-17-13-26(41-4)33(51)44-28(12-16-40)35(53)47-30(37(55)46-29)19-23-8-6-5-7-9-23;1-14(28)16(7-9-25)13-21(31)22(15(2)29)27-23(32)18(8-10-26)12-19(30)11-17-5-3-4-6-20(17)24/h5-9,21-22,24-30,41,48H,10-20,38-40H2,1-4H3,(H,42,50)(H,43,52)(H,44,51)(H,45,54)(H,46,55)(H,47,53);3-6,15-16,18,22,29H,7-13,25-26H2,1-2H3,(H,27,32). The van der Waals surface area contributed by atoms with Crippen molar-refractivity contribution in [3.63, 3.8) is 0 Å². The summed E-state index contributed by atoms with van der Waals surface area (Å²) in [5.41, 5.74) is 29.9. The van der Waals surface area contributed by atoms with Crippen LogP contribution in [0.5, 0.6) is 0 Å². The summed E-state index contributed by atoms with van der Waals surface area (Å²) in [5, 5.41) is 42.6. The van der Waals surface area contributed by atoms with Gasteiger partial charge in [0.05, 0.1) is 30.2 Å². The number of ketones is 4. The van der Waals surface area contributed by atoms with Gasteiger partial charge in [0.2, 0.25) is 41.4 Å². The fourth-order valence-electron chi connectivity index (χ4n) is 9.68. The van der Waals surface area contributed by atoms with Crippen LogP contribution in [0.2, 0.25) is 5.02 Å². The van der Waals surface area contributed by atoms with Gasteiger partial charge < -0.3 is 81.4 Å². The maximum Gasteiger partial charge on any atom is 0.243 e. The molecule has 26 nitrogen and oxygen atoms in total. The summed E-state index contributed by atoms with van der Waals surface area (Å²) in [6, 6.07) is 7.94. The van der Waals surface area contributed by atoms with Crippen molar-refractivity contribution in [1.82, 2.24) is 42.5 Å². The first-order chi connectivity index (χ1) is 41.2. The summed E-state index contributed by atoms with van der Waals surface area (Å²) in [5.74, 6) is -8.57. The van der Waals surface area contributed by atoms with Crippen molar-refractivity contribution < 1.29 is 63.0 Å². The number of Topliss-reactive ketones (excluding diaryl/α,β-unsaturated/α-hetero) is 4. The lowest BCUT2D eigenvalue weighted by molar-refractivity contribution is -0.136. The van der Waals surface area contributed by atoms with Crippen LogP contribution in [-0.2, 0) is 65.6 Å². The summed E-state index contributed by atoms with van der Waals surface area (Å²) in [7, 11) is 1.53. The molecule has 2 aromatic carbocycles. The molecular weight excluding hydrogens is 1150 g/mol. The average molecular weight is 1240 g/mol. The first kappa shape index (κ1) is 76.5. The molecule has 12 atom stereocenters. The maximum absolute atomic E-state index is 14.0. The Hall–Kier alpha value is -6.62. The molecule has 1 heterocycles. The van der Waals surface area contributed by atoms with E-state index >= 15 is 0 Å². The minimum atomic E-state index is -1.25. The van der Waals surface area contributed by atoms with Crippen molar-refractivity contribution in [2.75, 3.05) is 46.3 Å². The van der Waals surface area contributed by atoms with Gasteiger partial charge in [-0.15, -0.1) is 0 Å². The van der Waals surface area contributed by atoms with E-state index in [4.69, 9.17) is 40.3 Å². The minimum Gasteiger partial charge on any atom is -0.393 e. The van der Waals surface area contributed by atoms with Gasteiger partial charge in [0.15, 0.2) is 11.6 Å². The lowest BCUT2D eigenvalue weighted by Gasteiger charge is -2.28. The zero-order valence-corrected chi connectivity index (χ0v) is 51.8. The molecule has 12 unspecified atom stereocenters. The fraction of sp³-hybridized carbons (Fsp3) is 0.617. The van der Waals surface area contributed by atoms with Gasteiger partial charge in [-0.2, -0.15) is 0 Å². The summed E-state index contributed by atoms with van der Waals surface area (Å²) in [6.45, 7) is 8.20. The number of nitrogens with one attached hydrogen (secondary N) is 8. The lowest BCUT2D eigenvalue weighted by atomic mass is 9.90. The molecule has 87 heavy (non-hydrogen) atoms. The number of amides is 7. The van der Waals surface area contributed by atoms with Gasteiger partial charge in [-0.3, -0.25) is 52.7 Å². The highest BCUT2D eigenvalue weighted by Crippen LogP contribution is 2.20. The first-order valence-electron chi connectivity index (χ1n) is 29.7. The molecule has 7 amide bonds. The number of carbonyl (C=O) groups is 11. The van der Waals surface area contributed by atoms with Gasteiger partial charge >= 0.3 is 0 Å². The van der Waals surface area contributed by atoms with Crippen molar-refractivity contribution in [2.45, 2.75) is 166 Å². The van der Waals surface area contributed by atoms with E-state index in [1.165, 1.54) is 27.8 Å². The number of hydrogen-bond donors (Lipinski definition) is 15. The van der Waals surface area contributed by atoms with Gasteiger partial charge in [0, 0.05) is 55.5 Å². The number of carbonyl (C=O) groups excluding carboxylic acids is 11. The van der Waals surface area contributed by atoms with Gasteiger partial charge in [-0.1, -0.05) is 74.0 Å². The molecule has 0 aliphatic carbocycles. The van der Waals surface area contributed by atoms with Crippen molar-refractivity contribution in [3.05, 3.63) is 70.7 Å². The minimum absolute atomic E-state index is 0.00106. The van der Waals surface area contributed by atoms with E-state index < -0.39 is 132 Å². The predicted octanol–water partition coefficient (Wildman–Crippen LogP) is -2.00. The average Bonchev–Trinajstić information content (AvgIpc) is 3.68. The van der Waals surface area contributed by atoms with Crippen LogP contribution in [0.4, 0.5) is 0 Å². The number of rotatable bonds is 27. The number of benzene rings is 2. The lowest BCUT2D eigenvalue weighted by Crippen LogP contribution is -2.60. The smallest absolute Gasteiger partial charge is 0.243 e. The molecule has 27 heteroatoms. The molecule has 0 aromatic heterocycles. The van der Waals surface area contributed by atoms with E-state index in [0.29, 0.717) is 22.6 Å². The van der Waals surface area contributed by atoms with Crippen LogP contribution in [-0.4, -0.2) is 176 Å². The second-order valence-electron chi connectivity index (χ2n) is 22.4. The summed E-state index contributed by atoms with van der Waals surface area (Å²) < 4.78 is 0. The van der Waals surface area contributed by atoms with Crippen molar-refractivity contribution in [1.29, 1.82) is 0 Å². The third kappa shape index (κ3) is 27.5. The summed E-state index contributed by atoms with van der Waals surface area (Å²) >= 11 is 6.10. The predicted molar refractivity (Wildman–Crippen MR) is 329 cm³/mol. The largest absolute Gasteiger partial charge is 0.393 e. The Morgan fingerprint density at radius 1 is 0.632 bits per heavy atom. The molecule has 0 bridgehead atoms. The van der Waals surface area contributed by atoms with Crippen molar-refractivity contribution in [2.24, 2.45) is 52.3 Å². The van der Waals surface area contributed by atoms with E-state index in [1.807, 2.05) is 13.8 Å². The van der Waals surface area contributed by atoms with Crippen LogP contribution in [0.3, 0.4) is 0 Å². The van der Waals surface area contributed by atoms with Gasteiger partial charge in [0.25, 0.3) is 0 Å². The zero-order valence-electron chi connectivity index (χ0n) is 51.1. The van der Waals surface area contributed by atoms with E-state index in [1.54, 1.807) is 54.6 Å². The van der Waals surface area contributed by atoms with Crippen LogP contribution < -0.4 is 71.2 Å². The molecule has 1 aliphatic rings. The van der Waals surface area contributed by atoms with E-state index in [9.17, 15) is 63.0 Å². The monoisotopic (exact) mass is 1240 g/mol. The maximum atomic E-state index is 14.0. The highest BCUT2D eigenvalue weighted by Gasteiger charge is 2.36. The van der Waals surface area contributed by atoms with Crippen LogP contribution >= 0.6 is 11.6 Å². The number of halogens is 1. The summed E-state index contributed by atoms with van der Waals surface area (Å²) in [6.07, 6.45) is -2.13. The second-order valence-corrected chi connectivity index (χ2v) is 22.8. The van der Waals surface area contributed by atoms with Crippen LogP contribution in [0.25, 0.3) is 0 Å². The highest BCUT2D eigenvalue weighted by molar-refractivity contribution is 6.31. The quantitative estimate of drug-likeness (QED) is 0.0460. The van der Waals surface area contributed by atoms with E-state index in [0.717, 1.165) is 0 Å². The SMILES string of the molecule is CC(=O)C(CCN)CC(=O)C(NC(=O)C(CCN)CC(=O)Cc1ccccc1Cl)C(C)O.CNC1CCNC(=O)C(C(C)O)CC(=O)C(CCN)NC(=O)C(CCN)NC(=O)C(CC(C)C)NC(=O)C(Cc2ccccc2)NC(=O)C(CCN)NC1=O. The van der Waals surface area contributed by atoms with Gasteiger partial charge in [0.1, 0.15) is 41.8 Å². The van der Waals surface area contributed by atoms with Crippen molar-refractivity contribution in [3.8, 4) is 0 Å². The molecule has 3 rings (SSSR count). The highest BCUT2D eigenvalue weighted by atomic mass is 35.5. The Bertz CT molecular complexity index is 2560. The third-order valence-corrected chi connectivity index (χ3v) is 15.1. The molecular formula is C60H96ClN13O13. The number of nitrogens with two attached hydrogens (primary N) is 5. The molecule has 1 aliphatic heterocycles. The molecule has 1 fully saturated rings. The van der Waals surface area contributed by atoms with Crippen LogP contribution in [0.15, 0.2) is 54.6 Å².